The number of rotatable bonds is 3. The lowest BCUT2D eigenvalue weighted by Gasteiger charge is -1.99. The number of hydrogen-bond donors (Lipinski definition) is 1. The summed E-state index contributed by atoms with van der Waals surface area (Å²) >= 11 is 0. The zero-order valence-electron chi connectivity index (χ0n) is 4.26. The summed E-state index contributed by atoms with van der Waals surface area (Å²) in [6.07, 6.45) is -1.01. The highest BCUT2D eigenvalue weighted by molar-refractivity contribution is 4.23. The van der Waals surface area contributed by atoms with Crippen LogP contribution in [0.15, 0.2) is 0 Å². The standard InChI is InChI=1S/C4H9O3/c1-4(6)7-3-2-5/h4-5H,2-3H2,1H3. The van der Waals surface area contributed by atoms with Crippen LogP contribution in [-0.4, -0.2) is 24.6 Å². The molecule has 3 nitrogen and oxygen atoms in total. The minimum absolute atomic E-state index is 0.0768. The van der Waals surface area contributed by atoms with Crippen LogP contribution in [0.25, 0.3) is 0 Å². The second-order valence-corrected chi connectivity index (χ2v) is 1.16. The van der Waals surface area contributed by atoms with Crippen molar-refractivity contribution in [2.75, 3.05) is 13.2 Å². The van der Waals surface area contributed by atoms with Crippen molar-refractivity contribution in [3.63, 3.8) is 0 Å². The van der Waals surface area contributed by atoms with E-state index in [9.17, 15) is 5.11 Å². The fourth-order valence-corrected chi connectivity index (χ4v) is 0.219. The summed E-state index contributed by atoms with van der Waals surface area (Å²) in [5.74, 6) is 0. The molecule has 0 aromatic carbocycles. The zero-order chi connectivity index (χ0) is 5.70. The van der Waals surface area contributed by atoms with E-state index in [2.05, 4.69) is 4.74 Å². The number of aliphatic hydroxyl groups excluding tert-OH is 1. The molecule has 0 rings (SSSR count). The van der Waals surface area contributed by atoms with E-state index in [1.807, 2.05) is 0 Å². The van der Waals surface area contributed by atoms with Gasteiger partial charge in [0.25, 0.3) is 0 Å². The molecule has 0 spiro atoms. The van der Waals surface area contributed by atoms with Gasteiger partial charge in [-0.05, 0) is 6.92 Å². The van der Waals surface area contributed by atoms with Crippen LogP contribution < -0.4 is 0 Å². The van der Waals surface area contributed by atoms with Gasteiger partial charge in [0.1, 0.15) is 0 Å². The monoisotopic (exact) mass is 105 g/mol. The molecule has 0 bridgehead atoms. The fraction of sp³-hybridized carbons (Fsp3) is 1.00. The van der Waals surface area contributed by atoms with Crippen molar-refractivity contribution >= 4 is 0 Å². The normalized spacial score (nSPS) is 14.1. The van der Waals surface area contributed by atoms with Gasteiger partial charge in [-0.2, -0.15) is 0 Å². The molecule has 0 heterocycles. The van der Waals surface area contributed by atoms with E-state index >= 15 is 0 Å². The molecular weight excluding hydrogens is 96.0 g/mol. The molecule has 0 amide bonds. The third-order valence-electron chi connectivity index (χ3n) is 0.444. The average molecular weight is 105 g/mol. The first-order valence-corrected chi connectivity index (χ1v) is 2.15. The van der Waals surface area contributed by atoms with Gasteiger partial charge in [0.2, 0.25) is 0 Å². The minimum atomic E-state index is -1.01. The molecule has 1 unspecified atom stereocenters. The molecule has 0 saturated carbocycles. The summed E-state index contributed by atoms with van der Waals surface area (Å²) in [6.45, 7) is 1.45. The van der Waals surface area contributed by atoms with Gasteiger partial charge < -0.3 is 9.84 Å². The van der Waals surface area contributed by atoms with Crippen molar-refractivity contribution in [2.24, 2.45) is 0 Å². The second-order valence-electron chi connectivity index (χ2n) is 1.16. The van der Waals surface area contributed by atoms with Crippen LogP contribution >= 0.6 is 0 Å². The minimum Gasteiger partial charge on any atom is -0.394 e. The van der Waals surface area contributed by atoms with Crippen molar-refractivity contribution in [3.05, 3.63) is 0 Å². The molecular formula is C4H9O3. The first-order chi connectivity index (χ1) is 3.27. The summed E-state index contributed by atoms with van der Waals surface area (Å²) in [5, 5.41) is 18.0. The lowest BCUT2D eigenvalue weighted by molar-refractivity contribution is -0.132. The molecule has 3 heteroatoms. The lowest BCUT2D eigenvalue weighted by atomic mass is 10.7. The Hall–Kier alpha value is -0.120. The third kappa shape index (κ3) is 5.88. The maximum absolute atomic E-state index is 9.95. The number of aliphatic hydroxyl groups is 1. The van der Waals surface area contributed by atoms with E-state index < -0.39 is 6.29 Å². The van der Waals surface area contributed by atoms with E-state index in [0.717, 1.165) is 0 Å². The molecule has 1 N–H and O–H groups in total. The Labute approximate surface area is 42.5 Å². The predicted octanol–water partition coefficient (Wildman–Crippen LogP) is -0.228. The molecule has 0 aliphatic rings. The van der Waals surface area contributed by atoms with Crippen LogP contribution in [-0.2, 0) is 9.84 Å². The molecule has 1 atom stereocenters. The van der Waals surface area contributed by atoms with Gasteiger partial charge in [-0.15, -0.1) is 0 Å². The maximum atomic E-state index is 9.95. The van der Waals surface area contributed by atoms with Gasteiger partial charge in [0, 0.05) is 0 Å². The molecule has 0 fully saturated rings. The van der Waals surface area contributed by atoms with Gasteiger partial charge in [-0.25, -0.2) is 5.11 Å². The average Bonchev–Trinajstić information content (AvgIpc) is 1.61. The van der Waals surface area contributed by atoms with E-state index in [0.29, 0.717) is 0 Å². The van der Waals surface area contributed by atoms with Crippen molar-refractivity contribution < 1.29 is 14.9 Å². The quantitative estimate of drug-likeness (QED) is 0.504. The Morgan fingerprint density at radius 2 is 2.43 bits per heavy atom. The van der Waals surface area contributed by atoms with E-state index in [1.165, 1.54) is 6.92 Å². The van der Waals surface area contributed by atoms with Crippen LogP contribution in [0.4, 0.5) is 0 Å². The number of ether oxygens (including phenoxy) is 1. The zero-order valence-corrected chi connectivity index (χ0v) is 4.26. The van der Waals surface area contributed by atoms with Crippen molar-refractivity contribution in [1.82, 2.24) is 0 Å². The van der Waals surface area contributed by atoms with Crippen molar-refractivity contribution in [1.29, 1.82) is 0 Å². The van der Waals surface area contributed by atoms with Gasteiger partial charge in [-0.1, -0.05) is 0 Å². The van der Waals surface area contributed by atoms with Crippen molar-refractivity contribution in [2.45, 2.75) is 13.2 Å². The molecule has 1 radical (unpaired) electrons. The summed E-state index contributed by atoms with van der Waals surface area (Å²) in [7, 11) is 0. The smallest absolute Gasteiger partial charge is 0.188 e. The molecule has 0 saturated heterocycles. The highest BCUT2D eigenvalue weighted by atomic mass is 16.6. The first kappa shape index (κ1) is 6.88. The van der Waals surface area contributed by atoms with Crippen LogP contribution in [0.5, 0.6) is 0 Å². The second kappa shape index (κ2) is 4.05. The highest BCUT2D eigenvalue weighted by Crippen LogP contribution is 1.81. The summed E-state index contributed by atoms with van der Waals surface area (Å²) in [5.41, 5.74) is 0. The first-order valence-electron chi connectivity index (χ1n) is 2.15. The molecule has 0 aromatic rings. The SMILES string of the molecule is CC([O])OCCO. The summed E-state index contributed by atoms with van der Waals surface area (Å²) < 4.78 is 4.39. The van der Waals surface area contributed by atoms with Crippen LogP contribution in [0, 0.1) is 0 Å². The van der Waals surface area contributed by atoms with Crippen molar-refractivity contribution in [3.8, 4) is 0 Å². The lowest BCUT2D eigenvalue weighted by Crippen LogP contribution is -2.07. The Balaban J connectivity index is 2.68. The largest absolute Gasteiger partial charge is 0.394 e. The maximum Gasteiger partial charge on any atom is 0.188 e. The van der Waals surface area contributed by atoms with E-state index in [-0.39, 0.29) is 13.2 Å². The van der Waals surface area contributed by atoms with Gasteiger partial charge in [0.15, 0.2) is 6.29 Å². The fourth-order valence-electron chi connectivity index (χ4n) is 0.219. The van der Waals surface area contributed by atoms with Gasteiger partial charge in [-0.3, -0.25) is 0 Å². The van der Waals surface area contributed by atoms with Crippen LogP contribution in [0.3, 0.4) is 0 Å². The molecule has 43 valence electrons. The van der Waals surface area contributed by atoms with E-state index in [4.69, 9.17) is 5.11 Å². The molecule has 0 aliphatic heterocycles. The summed E-state index contributed by atoms with van der Waals surface area (Å²) in [6, 6.07) is 0. The molecule has 0 aromatic heterocycles. The predicted molar refractivity (Wildman–Crippen MR) is 23.2 cm³/mol. The molecule has 0 aliphatic carbocycles. The van der Waals surface area contributed by atoms with Crippen LogP contribution in [0.1, 0.15) is 6.92 Å². The summed E-state index contributed by atoms with van der Waals surface area (Å²) in [4.78, 5) is 0. The van der Waals surface area contributed by atoms with Gasteiger partial charge >= 0.3 is 0 Å². The van der Waals surface area contributed by atoms with Crippen LogP contribution in [0.2, 0.25) is 0 Å². The Morgan fingerprint density at radius 1 is 1.86 bits per heavy atom. The topological polar surface area (TPSA) is 49.4 Å². The Bertz CT molecular complexity index is 35.9. The number of hydrogen-bond acceptors (Lipinski definition) is 2. The van der Waals surface area contributed by atoms with E-state index in [1.54, 1.807) is 0 Å². The third-order valence-corrected chi connectivity index (χ3v) is 0.444. The highest BCUT2D eigenvalue weighted by Gasteiger charge is 1.91. The van der Waals surface area contributed by atoms with Gasteiger partial charge in [0.05, 0.1) is 13.2 Å². The Morgan fingerprint density at radius 3 is 2.57 bits per heavy atom. The molecule has 7 heavy (non-hydrogen) atoms. The Kier molecular flexibility index (Phi) is 3.98.